The zero-order valence-electron chi connectivity index (χ0n) is 9.90. The van der Waals surface area contributed by atoms with E-state index in [1.807, 2.05) is 12.4 Å². The molecular formula is C13H18NO2. The number of hydrogen-bond acceptors (Lipinski definition) is 3. The Hall–Kier alpha value is -1.35. The van der Waals surface area contributed by atoms with Crippen LogP contribution in [0.5, 0.6) is 5.75 Å². The molecule has 0 fully saturated rings. The van der Waals surface area contributed by atoms with Crippen molar-refractivity contribution in [2.45, 2.75) is 13.8 Å². The molecule has 3 nitrogen and oxygen atoms in total. The van der Waals surface area contributed by atoms with Crippen LogP contribution in [0.15, 0.2) is 24.3 Å². The van der Waals surface area contributed by atoms with E-state index in [0.29, 0.717) is 12.2 Å². The minimum Gasteiger partial charge on any atom is -0.492 e. The second kappa shape index (κ2) is 7.01. The lowest BCUT2D eigenvalue weighted by Gasteiger charge is -2.17. The van der Waals surface area contributed by atoms with Crippen molar-refractivity contribution in [2.75, 3.05) is 26.2 Å². The lowest BCUT2D eigenvalue weighted by molar-refractivity contribution is 0.223. The molecule has 0 aromatic heterocycles. The highest BCUT2D eigenvalue weighted by molar-refractivity contribution is 5.75. The van der Waals surface area contributed by atoms with Crippen molar-refractivity contribution in [3.8, 4) is 5.75 Å². The molecule has 1 radical (unpaired) electrons. The predicted octanol–water partition coefficient (Wildman–Crippen LogP) is 1.86. The summed E-state index contributed by atoms with van der Waals surface area (Å²) in [6, 6.07) is 7.07. The summed E-state index contributed by atoms with van der Waals surface area (Å²) in [5.74, 6) is 0.730. The maximum atomic E-state index is 10.4. The Bertz CT molecular complexity index is 321. The lowest BCUT2D eigenvalue weighted by Crippen LogP contribution is -2.27. The molecule has 0 heterocycles. The minimum absolute atomic E-state index is 0.528. The van der Waals surface area contributed by atoms with Crippen molar-refractivity contribution in [1.29, 1.82) is 0 Å². The first-order valence-electron chi connectivity index (χ1n) is 5.63. The van der Waals surface area contributed by atoms with E-state index in [0.717, 1.165) is 25.4 Å². The van der Waals surface area contributed by atoms with Crippen LogP contribution in [0, 0.1) is 0 Å². The number of rotatable bonds is 7. The van der Waals surface area contributed by atoms with E-state index in [-0.39, 0.29) is 0 Å². The highest BCUT2D eigenvalue weighted by Crippen LogP contribution is 2.11. The average Bonchev–Trinajstić information content (AvgIpc) is 2.35. The molecule has 1 aromatic rings. The van der Waals surface area contributed by atoms with Crippen molar-refractivity contribution >= 4 is 6.29 Å². The third-order valence-electron chi connectivity index (χ3n) is 2.52. The van der Waals surface area contributed by atoms with E-state index >= 15 is 0 Å². The Morgan fingerprint density at radius 2 is 2.06 bits per heavy atom. The van der Waals surface area contributed by atoms with Crippen LogP contribution < -0.4 is 4.74 Å². The molecule has 1 rings (SSSR count). The number of nitrogens with zero attached hydrogens (tertiary/aromatic N) is 1. The van der Waals surface area contributed by atoms with E-state index in [2.05, 4.69) is 18.7 Å². The van der Waals surface area contributed by atoms with E-state index in [1.54, 1.807) is 18.2 Å². The summed E-state index contributed by atoms with van der Waals surface area (Å²) in [7, 11) is 0. The molecule has 0 unspecified atom stereocenters. The van der Waals surface area contributed by atoms with Crippen molar-refractivity contribution in [2.24, 2.45) is 0 Å². The van der Waals surface area contributed by atoms with Crippen LogP contribution in [-0.2, 0) is 4.79 Å². The van der Waals surface area contributed by atoms with Gasteiger partial charge in [0, 0.05) is 12.1 Å². The second-order valence-electron chi connectivity index (χ2n) is 3.51. The fraction of sp³-hybridized carbons (Fsp3) is 0.462. The quantitative estimate of drug-likeness (QED) is 0.702. The fourth-order valence-corrected chi connectivity index (χ4v) is 1.48. The SMILES string of the molecule is CCN(CC)CCOc1cccc([C]=O)c1. The Balaban J connectivity index is 2.39. The summed E-state index contributed by atoms with van der Waals surface area (Å²) in [6.07, 6.45) is 1.85. The van der Waals surface area contributed by atoms with Gasteiger partial charge >= 0.3 is 0 Å². The van der Waals surface area contributed by atoms with Crippen LogP contribution in [-0.4, -0.2) is 37.4 Å². The summed E-state index contributed by atoms with van der Waals surface area (Å²) in [4.78, 5) is 12.7. The van der Waals surface area contributed by atoms with Crippen LogP contribution >= 0.6 is 0 Å². The molecular weight excluding hydrogens is 202 g/mol. The van der Waals surface area contributed by atoms with Crippen LogP contribution in [0.2, 0.25) is 0 Å². The van der Waals surface area contributed by atoms with E-state index < -0.39 is 0 Å². The zero-order chi connectivity index (χ0) is 11.8. The van der Waals surface area contributed by atoms with E-state index in [9.17, 15) is 4.79 Å². The topological polar surface area (TPSA) is 29.5 Å². The Labute approximate surface area is 97.0 Å². The first-order valence-corrected chi connectivity index (χ1v) is 5.63. The van der Waals surface area contributed by atoms with Crippen LogP contribution in [0.25, 0.3) is 0 Å². The van der Waals surface area contributed by atoms with Gasteiger partial charge in [0.25, 0.3) is 0 Å². The highest BCUT2D eigenvalue weighted by atomic mass is 16.5. The van der Waals surface area contributed by atoms with Crippen LogP contribution in [0.1, 0.15) is 19.4 Å². The lowest BCUT2D eigenvalue weighted by atomic mass is 10.2. The number of ether oxygens (including phenoxy) is 1. The Morgan fingerprint density at radius 1 is 1.31 bits per heavy atom. The molecule has 0 saturated carbocycles. The fourth-order valence-electron chi connectivity index (χ4n) is 1.48. The van der Waals surface area contributed by atoms with E-state index in [1.165, 1.54) is 0 Å². The predicted molar refractivity (Wildman–Crippen MR) is 64.5 cm³/mol. The monoisotopic (exact) mass is 220 g/mol. The number of carbonyl (C=O) groups excluding carboxylic acids is 1. The maximum absolute atomic E-state index is 10.4. The molecule has 3 heteroatoms. The molecule has 0 aliphatic heterocycles. The average molecular weight is 220 g/mol. The molecule has 0 amide bonds. The molecule has 0 saturated heterocycles. The van der Waals surface area contributed by atoms with Gasteiger partial charge in [-0.05, 0) is 25.2 Å². The number of benzene rings is 1. The van der Waals surface area contributed by atoms with Gasteiger partial charge in [-0.3, -0.25) is 4.79 Å². The highest BCUT2D eigenvalue weighted by Gasteiger charge is 2.00. The maximum Gasteiger partial charge on any atom is 0.233 e. The third-order valence-corrected chi connectivity index (χ3v) is 2.52. The third kappa shape index (κ3) is 4.03. The zero-order valence-corrected chi connectivity index (χ0v) is 9.90. The van der Waals surface area contributed by atoms with Crippen molar-refractivity contribution < 1.29 is 9.53 Å². The van der Waals surface area contributed by atoms with Gasteiger partial charge in [0.15, 0.2) is 0 Å². The van der Waals surface area contributed by atoms with Gasteiger partial charge < -0.3 is 9.64 Å². The number of likely N-dealkylation sites (N-methyl/N-ethyl adjacent to an activating group) is 1. The van der Waals surface area contributed by atoms with Crippen molar-refractivity contribution in [3.63, 3.8) is 0 Å². The van der Waals surface area contributed by atoms with Gasteiger partial charge in [0.1, 0.15) is 12.4 Å². The Morgan fingerprint density at radius 3 is 2.69 bits per heavy atom. The molecule has 1 aromatic carbocycles. The molecule has 87 valence electrons. The summed E-state index contributed by atoms with van der Waals surface area (Å²) in [5.41, 5.74) is 0.528. The van der Waals surface area contributed by atoms with Gasteiger partial charge in [0.2, 0.25) is 6.29 Å². The minimum atomic E-state index is 0.528. The molecule has 0 spiro atoms. The first-order chi connectivity index (χ1) is 7.80. The summed E-state index contributed by atoms with van der Waals surface area (Å²) in [5, 5.41) is 0. The standard InChI is InChI=1S/C13H18NO2/c1-3-14(4-2)8-9-16-13-7-5-6-12(10-13)11-15/h5-7,10H,3-4,8-9H2,1-2H3. The molecule has 0 aliphatic rings. The van der Waals surface area contributed by atoms with Gasteiger partial charge in [-0.1, -0.05) is 26.0 Å². The molecule has 0 bridgehead atoms. The first kappa shape index (κ1) is 12.7. The summed E-state index contributed by atoms with van der Waals surface area (Å²) in [6.45, 7) is 7.87. The second-order valence-corrected chi connectivity index (χ2v) is 3.51. The molecule has 0 aliphatic carbocycles. The summed E-state index contributed by atoms with van der Waals surface area (Å²) >= 11 is 0. The molecule has 16 heavy (non-hydrogen) atoms. The van der Waals surface area contributed by atoms with Gasteiger partial charge in [-0.2, -0.15) is 0 Å². The largest absolute Gasteiger partial charge is 0.492 e. The number of hydrogen-bond donors (Lipinski definition) is 0. The molecule has 0 atom stereocenters. The van der Waals surface area contributed by atoms with Gasteiger partial charge in [0.05, 0.1) is 0 Å². The van der Waals surface area contributed by atoms with Gasteiger partial charge in [-0.25, -0.2) is 0 Å². The molecule has 0 N–H and O–H groups in total. The smallest absolute Gasteiger partial charge is 0.233 e. The Kier molecular flexibility index (Phi) is 5.57. The van der Waals surface area contributed by atoms with Crippen molar-refractivity contribution in [3.05, 3.63) is 29.8 Å². The van der Waals surface area contributed by atoms with Crippen LogP contribution in [0.4, 0.5) is 0 Å². The van der Waals surface area contributed by atoms with Crippen LogP contribution in [0.3, 0.4) is 0 Å². The summed E-state index contributed by atoms with van der Waals surface area (Å²) < 4.78 is 5.56. The van der Waals surface area contributed by atoms with Gasteiger partial charge in [-0.15, -0.1) is 0 Å². The normalized spacial score (nSPS) is 10.4. The van der Waals surface area contributed by atoms with E-state index in [4.69, 9.17) is 4.74 Å². The van der Waals surface area contributed by atoms with Crippen molar-refractivity contribution in [1.82, 2.24) is 4.90 Å².